The van der Waals surface area contributed by atoms with Gasteiger partial charge in [-0.25, -0.2) is 0 Å². The average molecular weight is 299 g/mol. The first-order chi connectivity index (χ1) is 9.31. The molecule has 2 N–H and O–H groups in total. The highest BCUT2D eigenvalue weighted by Gasteiger charge is 2.21. The van der Waals surface area contributed by atoms with Gasteiger partial charge in [-0.05, 0) is 24.0 Å². The van der Waals surface area contributed by atoms with Crippen LogP contribution in [0.2, 0.25) is 0 Å². The van der Waals surface area contributed by atoms with Crippen molar-refractivity contribution in [1.29, 1.82) is 0 Å². The van der Waals surface area contributed by atoms with E-state index in [-0.39, 0.29) is 18.3 Å². The summed E-state index contributed by atoms with van der Waals surface area (Å²) < 4.78 is 4.91. The smallest absolute Gasteiger partial charge is 0.233 e. The van der Waals surface area contributed by atoms with Crippen molar-refractivity contribution < 1.29 is 9.53 Å². The zero-order valence-electron chi connectivity index (χ0n) is 11.9. The van der Waals surface area contributed by atoms with E-state index in [4.69, 9.17) is 4.74 Å². The first-order valence-electron chi connectivity index (χ1n) is 6.85. The number of fused-ring (bicyclic) bond motifs is 1. The van der Waals surface area contributed by atoms with Crippen molar-refractivity contribution in [1.82, 2.24) is 10.6 Å². The second kappa shape index (κ2) is 8.95. The molecule has 0 saturated carbocycles. The van der Waals surface area contributed by atoms with E-state index >= 15 is 0 Å². The Balaban J connectivity index is 0.00000200. The van der Waals surface area contributed by atoms with E-state index in [1.165, 1.54) is 11.1 Å². The lowest BCUT2D eigenvalue weighted by molar-refractivity contribution is -0.120. The fraction of sp³-hybridized carbons (Fsp3) is 0.533. The van der Waals surface area contributed by atoms with Gasteiger partial charge >= 0.3 is 0 Å². The highest BCUT2D eigenvalue weighted by molar-refractivity contribution is 5.85. The number of methoxy groups -OCH3 is 1. The number of hydrogen-bond donors (Lipinski definition) is 2. The Hall–Kier alpha value is -1.10. The number of carbonyl (C=O) groups is 1. The molecule has 112 valence electrons. The molecule has 0 radical (unpaired) electrons. The molecule has 0 aromatic heterocycles. The van der Waals surface area contributed by atoms with Crippen molar-refractivity contribution in [3.8, 4) is 0 Å². The summed E-state index contributed by atoms with van der Waals surface area (Å²) in [6, 6.07) is 8.52. The van der Waals surface area contributed by atoms with E-state index in [0.717, 1.165) is 19.4 Å². The number of hydrogen-bond acceptors (Lipinski definition) is 3. The fourth-order valence-electron chi connectivity index (χ4n) is 2.53. The van der Waals surface area contributed by atoms with E-state index in [2.05, 4.69) is 34.9 Å². The molecule has 0 aliphatic heterocycles. The van der Waals surface area contributed by atoms with Crippen LogP contribution in [-0.2, 0) is 16.0 Å². The van der Waals surface area contributed by atoms with Crippen molar-refractivity contribution in [3.63, 3.8) is 0 Å². The SMILES string of the molecule is COCCNCC(=O)NCC1CCc2ccccc21.Cl. The standard InChI is InChI=1S/C15H22N2O2.ClH/c1-19-9-8-16-11-15(18)17-10-13-7-6-12-4-2-3-5-14(12)13;/h2-5,13,16H,6-11H2,1H3,(H,17,18);1H. The molecule has 0 fully saturated rings. The second-order valence-corrected chi connectivity index (χ2v) is 4.91. The van der Waals surface area contributed by atoms with Gasteiger partial charge in [0.15, 0.2) is 0 Å². The highest BCUT2D eigenvalue weighted by Crippen LogP contribution is 2.31. The van der Waals surface area contributed by atoms with Gasteiger partial charge in [0.25, 0.3) is 0 Å². The van der Waals surface area contributed by atoms with Gasteiger partial charge in [0.05, 0.1) is 13.2 Å². The number of amides is 1. The van der Waals surface area contributed by atoms with Crippen LogP contribution in [0.15, 0.2) is 24.3 Å². The molecule has 1 aliphatic carbocycles. The number of carbonyl (C=O) groups excluding carboxylic acids is 1. The van der Waals surface area contributed by atoms with Crippen LogP contribution in [0.25, 0.3) is 0 Å². The zero-order chi connectivity index (χ0) is 13.5. The van der Waals surface area contributed by atoms with Gasteiger partial charge in [0.1, 0.15) is 0 Å². The second-order valence-electron chi connectivity index (χ2n) is 4.91. The summed E-state index contributed by atoms with van der Waals surface area (Å²) in [6.45, 7) is 2.43. The molecule has 0 saturated heterocycles. The summed E-state index contributed by atoms with van der Waals surface area (Å²) in [6.07, 6.45) is 2.26. The zero-order valence-corrected chi connectivity index (χ0v) is 12.7. The van der Waals surface area contributed by atoms with E-state index in [1.807, 2.05) is 0 Å². The summed E-state index contributed by atoms with van der Waals surface area (Å²) in [4.78, 5) is 11.7. The Morgan fingerprint density at radius 1 is 1.40 bits per heavy atom. The molecule has 2 rings (SSSR count). The molecule has 0 bridgehead atoms. The molecule has 0 spiro atoms. The third-order valence-electron chi connectivity index (χ3n) is 3.57. The number of aryl methyl sites for hydroxylation is 1. The first kappa shape index (κ1) is 17.0. The molecular formula is C15H23ClN2O2. The average Bonchev–Trinajstić information content (AvgIpc) is 2.85. The van der Waals surface area contributed by atoms with Gasteiger partial charge in [0, 0.05) is 26.1 Å². The van der Waals surface area contributed by atoms with E-state index in [9.17, 15) is 4.79 Å². The maximum atomic E-state index is 11.7. The lowest BCUT2D eigenvalue weighted by Crippen LogP contribution is -2.36. The summed E-state index contributed by atoms with van der Waals surface area (Å²) in [5.41, 5.74) is 2.83. The van der Waals surface area contributed by atoms with Gasteiger partial charge in [-0.2, -0.15) is 0 Å². The third kappa shape index (κ3) is 4.78. The highest BCUT2D eigenvalue weighted by atomic mass is 35.5. The molecule has 1 atom stereocenters. The van der Waals surface area contributed by atoms with Gasteiger partial charge in [-0.15, -0.1) is 12.4 Å². The minimum atomic E-state index is 0. The molecule has 1 aromatic rings. The quantitative estimate of drug-likeness (QED) is 0.750. The summed E-state index contributed by atoms with van der Waals surface area (Å²) in [7, 11) is 1.65. The molecule has 0 heterocycles. The maximum Gasteiger partial charge on any atom is 0.233 e. The predicted molar refractivity (Wildman–Crippen MR) is 82.5 cm³/mol. The van der Waals surface area contributed by atoms with Crippen LogP contribution in [-0.4, -0.2) is 39.3 Å². The Morgan fingerprint density at radius 3 is 3.00 bits per heavy atom. The number of nitrogens with one attached hydrogen (secondary N) is 2. The Kier molecular flexibility index (Phi) is 7.59. The maximum absolute atomic E-state index is 11.7. The molecule has 1 amide bonds. The summed E-state index contributed by atoms with van der Waals surface area (Å²) >= 11 is 0. The summed E-state index contributed by atoms with van der Waals surface area (Å²) in [5.74, 6) is 0.527. The van der Waals surface area contributed by atoms with Crippen molar-refractivity contribution in [3.05, 3.63) is 35.4 Å². The van der Waals surface area contributed by atoms with Crippen LogP contribution in [0.1, 0.15) is 23.5 Å². The minimum Gasteiger partial charge on any atom is -0.383 e. The lowest BCUT2D eigenvalue weighted by atomic mass is 10.0. The van der Waals surface area contributed by atoms with Crippen LogP contribution >= 0.6 is 12.4 Å². The van der Waals surface area contributed by atoms with Gasteiger partial charge in [-0.3, -0.25) is 4.79 Å². The van der Waals surface area contributed by atoms with Crippen LogP contribution in [0.4, 0.5) is 0 Å². The molecule has 5 heteroatoms. The minimum absolute atomic E-state index is 0. The number of rotatable bonds is 7. The normalized spacial score (nSPS) is 16.4. The predicted octanol–water partition coefficient (Wildman–Crippen LogP) is 1.49. The van der Waals surface area contributed by atoms with Crippen molar-refractivity contribution in [2.24, 2.45) is 0 Å². The Morgan fingerprint density at radius 2 is 2.20 bits per heavy atom. The van der Waals surface area contributed by atoms with Gasteiger partial charge < -0.3 is 15.4 Å². The van der Waals surface area contributed by atoms with Crippen LogP contribution < -0.4 is 10.6 Å². The van der Waals surface area contributed by atoms with E-state index in [0.29, 0.717) is 25.6 Å². The van der Waals surface area contributed by atoms with Gasteiger partial charge in [-0.1, -0.05) is 24.3 Å². The number of benzene rings is 1. The fourth-order valence-corrected chi connectivity index (χ4v) is 2.53. The molecule has 1 aromatic carbocycles. The lowest BCUT2D eigenvalue weighted by Gasteiger charge is -2.13. The van der Waals surface area contributed by atoms with Crippen molar-refractivity contribution >= 4 is 18.3 Å². The van der Waals surface area contributed by atoms with Gasteiger partial charge in [0.2, 0.25) is 5.91 Å². The topological polar surface area (TPSA) is 50.4 Å². The number of halogens is 1. The van der Waals surface area contributed by atoms with Crippen LogP contribution in [0.5, 0.6) is 0 Å². The Labute approximate surface area is 126 Å². The van der Waals surface area contributed by atoms with Crippen molar-refractivity contribution in [2.75, 3.05) is 33.4 Å². The molecule has 1 unspecified atom stereocenters. The third-order valence-corrected chi connectivity index (χ3v) is 3.57. The van der Waals surface area contributed by atoms with E-state index in [1.54, 1.807) is 7.11 Å². The molecule has 20 heavy (non-hydrogen) atoms. The monoisotopic (exact) mass is 298 g/mol. The summed E-state index contributed by atoms with van der Waals surface area (Å²) in [5, 5.41) is 6.04. The van der Waals surface area contributed by atoms with Crippen LogP contribution in [0.3, 0.4) is 0 Å². The Bertz CT molecular complexity index is 426. The number of ether oxygens (including phenoxy) is 1. The molecular weight excluding hydrogens is 276 g/mol. The first-order valence-corrected chi connectivity index (χ1v) is 6.85. The van der Waals surface area contributed by atoms with Crippen LogP contribution in [0, 0.1) is 0 Å². The molecule has 4 nitrogen and oxygen atoms in total. The molecule has 1 aliphatic rings. The van der Waals surface area contributed by atoms with Crippen molar-refractivity contribution in [2.45, 2.75) is 18.8 Å². The van der Waals surface area contributed by atoms with E-state index < -0.39 is 0 Å². The largest absolute Gasteiger partial charge is 0.383 e.